The van der Waals surface area contributed by atoms with Crippen LogP contribution in [0.3, 0.4) is 0 Å². The lowest BCUT2D eigenvalue weighted by atomic mass is 10.2. The molecule has 9 nitrogen and oxygen atoms in total. The maximum atomic E-state index is 13.3. The summed E-state index contributed by atoms with van der Waals surface area (Å²) in [6.45, 7) is -0.298. The van der Waals surface area contributed by atoms with Gasteiger partial charge in [0.2, 0.25) is 0 Å². The van der Waals surface area contributed by atoms with Gasteiger partial charge in [-0.15, -0.1) is 0 Å². The van der Waals surface area contributed by atoms with Crippen LogP contribution in [0.2, 0.25) is 0 Å². The highest BCUT2D eigenvalue weighted by Crippen LogP contribution is 2.30. The van der Waals surface area contributed by atoms with Crippen LogP contribution in [-0.4, -0.2) is 33.4 Å². The molecule has 1 unspecified atom stereocenters. The van der Waals surface area contributed by atoms with E-state index in [-0.39, 0.29) is 13.0 Å². The summed E-state index contributed by atoms with van der Waals surface area (Å²) in [6.07, 6.45) is -0.533. The Labute approximate surface area is 106 Å². The van der Waals surface area contributed by atoms with Crippen molar-refractivity contribution in [3.63, 3.8) is 0 Å². The van der Waals surface area contributed by atoms with Crippen molar-refractivity contribution in [2.24, 2.45) is 5.11 Å². The van der Waals surface area contributed by atoms with Crippen LogP contribution in [0.4, 0.5) is 10.2 Å². The summed E-state index contributed by atoms with van der Waals surface area (Å²) in [5.74, 6) is -1.39. The highest BCUT2D eigenvalue weighted by atomic mass is 19.1. The summed E-state index contributed by atoms with van der Waals surface area (Å²) in [5, 5.41) is 12.5. The van der Waals surface area contributed by atoms with Crippen molar-refractivity contribution in [2.45, 2.75) is 24.8 Å². The number of nitrogens with zero attached hydrogens (tertiary/aromatic N) is 5. The standard InChI is InChI=1S/C9H11FN6O3/c10-5-2-16(9(18)13-7(5)11)8-6(14-15-12)1-4(3-17)19-8/h2,4,6,8,17H,1,3H2,(H2,11,13,18)/t4-,6?,8+/m1/s1. The predicted molar refractivity (Wildman–Crippen MR) is 61.4 cm³/mol. The molecule has 0 saturated carbocycles. The fraction of sp³-hybridized carbons (Fsp3) is 0.556. The Kier molecular flexibility index (Phi) is 3.65. The third kappa shape index (κ3) is 2.50. The lowest BCUT2D eigenvalue weighted by molar-refractivity contribution is -0.0282. The van der Waals surface area contributed by atoms with Gasteiger partial charge in [-0.2, -0.15) is 4.98 Å². The first-order valence-corrected chi connectivity index (χ1v) is 5.41. The third-order valence-corrected chi connectivity index (χ3v) is 2.78. The van der Waals surface area contributed by atoms with Crippen LogP contribution in [0.5, 0.6) is 0 Å². The second-order valence-corrected chi connectivity index (χ2v) is 4.00. The van der Waals surface area contributed by atoms with Gasteiger partial charge in [0, 0.05) is 4.91 Å². The van der Waals surface area contributed by atoms with Gasteiger partial charge in [-0.05, 0) is 12.0 Å². The average Bonchev–Trinajstić information content (AvgIpc) is 2.77. The number of nitrogens with two attached hydrogens (primary N) is 1. The van der Waals surface area contributed by atoms with Gasteiger partial charge < -0.3 is 15.6 Å². The molecule has 1 fully saturated rings. The Balaban J connectivity index is 2.41. The molecule has 102 valence electrons. The molecule has 1 aliphatic heterocycles. The summed E-state index contributed by atoms with van der Waals surface area (Å²) in [6, 6.07) is -0.732. The van der Waals surface area contributed by atoms with E-state index in [4.69, 9.17) is 21.1 Å². The van der Waals surface area contributed by atoms with Crippen molar-refractivity contribution in [2.75, 3.05) is 12.3 Å². The zero-order chi connectivity index (χ0) is 14.0. The van der Waals surface area contributed by atoms with Crippen LogP contribution in [0.15, 0.2) is 16.1 Å². The molecule has 1 saturated heterocycles. The number of halogens is 1. The third-order valence-electron chi connectivity index (χ3n) is 2.78. The molecule has 0 aliphatic carbocycles. The number of azide groups is 1. The van der Waals surface area contributed by atoms with Gasteiger partial charge in [0.05, 0.1) is 24.9 Å². The number of anilines is 1. The predicted octanol–water partition coefficient (Wildman–Crippen LogP) is -0.0767. The molecule has 0 aromatic carbocycles. The number of hydrogen-bond acceptors (Lipinski definition) is 6. The smallest absolute Gasteiger partial charge is 0.351 e. The molecule has 19 heavy (non-hydrogen) atoms. The fourth-order valence-corrected chi connectivity index (χ4v) is 1.91. The van der Waals surface area contributed by atoms with Crippen molar-refractivity contribution >= 4 is 5.82 Å². The van der Waals surface area contributed by atoms with E-state index in [9.17, 15) is 9.18 Å². The lowest BCUT2D eigenvalue weighted by Gasteiger charge is -2.17. The Hall–Kier alpha value is -2.16. The van der Waals surface area contributed by atoms with Crippen molar-refractivity contribution in [3.05, 3.63) is 32.9 Å². The van der Waals surface area contributed by atoms with Crippen LogP contribution < -0.4 is 11.4 Å². The van der Waals surface area contributed by atoms with E-state index < -0.39 is 35.7 Å². The second kappa shape index (κ2) is 5.22. The molecule has 3 N–H and O–H groups in total. The topological polar surface area (TPSA) is 139 Å². The van der Waals surface area contributed by atoms with Crippen molar-refractivity contribution in [1.82, 2.24) is 9.55 Å². The van der Waals surface area contributed by atoms with Gasteiger partial charge in [0.15, 0.2) is 11.6 Å². The molecule has 2 rings (SSSR count). The van der Waals surface area contributed by atoms with E-state index in [1.165, 1.54) is 0 Å². The minimum Gasteiger partial charge on any atom is -0.394 e. The molecule has 0 radical (unpaired) electrons. The van der Waals surface area contributed by atoms with E-state index in [1.54, 1.807) is 0 Å². The van der Waals surface area contributed by atoms with Gasteiger partial charge in [0.1, 0.15) is 6.23 Å². The van der Waals surface area contributed by atoms with Gasteiger partial charge in [-0.1, -0.05) is 5.11 Å². The van der Waals surface area contributed by atoms with Crippen LogP contribution in [-0.2, 0) is 4.74 Å². The Morgan fingerprint density at radius 1 is 1.79 bits per heavy atom. The molecule has 1 aliphatic rings. The largest absolute Gasteiger partial charge is 0.394 e. The van der Waals surface area contributed by atoms with Crippen molar-refractivity contribution in [3.8, 4) is 0 Å². The monoisotopic (exact) mass is 270 g/mol. The van der Waals surface area contributed by atoms with E-state index in [1.807, 2.05) is 0 Å². The number of aliphatic hydroxyl groups excluding tert-OH is 1. The van der Waals surface area contributed by atoms with Gasteiger partial charge in [-0.25, -0.2) is 9.18 Å². The molecule has 1 aromatic heterocycles. The van der Waals surface area contributed by atoms with E-state index >= 15 is 0 Å². The number of hydrogen-bond donors (Lipinski definition) is 2. The molecular weight excluding hydrogens is 259 g/mol. The molecule has 0 amide bonds. The number of aliphatic hydroxyl groups is 1. The zero-order valence-corrected chi connectivity index (χ0v) is 9.68. The molecule has 0 bridgehead atoms. The van der Waals surface area contributed by atoms with Crippen LogP contribution in [0, 0.1) is 5.82 Å². The normalized spacial score (nSPS) is 26.1. The SMILES string of the molecule is [N-]=[N+]=NC1C[C@H](CO)O[C@@H]1n1cc(F)c(N)nc1=O. The maximum Gasteiger partial charge on any atom is 0.351 e. The number of aromatic nitrogens is 2. The summed E-state index contributed by atoms with van der Waals surface area (Å²) >= 11 is 0. The molecule has 1 aromatic rings. The number of rotatable bonds is 3. The zero-order valence-electron chi connectivity index (χ0n) is 9.68. The Morgan fingerprint density at radius 3 is 3.16 bits per heavy atom. The molecular formula is C9H11FN6O3. The van der Waals surface area contributed by atoms with E-state index in [2.05, 4.69) is 15.0 Å². The lowest BCUT2D eigenvalue weighted by Crippen LogP contribution is -2.32. The van der Waals surface area contributed by atoms with Crippen LogP contribution in [0.25, 0.3) is 10.4 Å². The Morgan fingerprint density at radius 2 is 2.53 bits per heavy atom. The molecule has 3 atom stereocenters. The molecule has 2 heterocycles. The summed E-state index contributed by atoms with van der Waals surface area (Å²) in [7, 11) is 0. The number of nitrogen functional groups attached to an aromatic ring is 1. The quantitative estimate of drug-likeness (QED) is 0.449. The Bertz CT molecular complexity index is 584. The minimum atomic E-state index is -1.01. The summed E-state index contributed by atoms with van der Waals surface area (Å²) in [5.41, 5.74) is 12.8. The van der Waals surface area contributed by atoms with Crippen molar-refractivity contribution < 1.29 is 14.2 Å². The average molecular weight is 270 g/mol. The minimum absolute atomic E-state index is 0.226. The van der Waals surface area contributed by atoms with Crippen LogP contribution in [0.1, 0.15) is 12.6 Å². The van der Waals surface area contributed by atoms with Gasteiger partial charge >= 0.3 is 5.69 Å². The van der Waals surface area contributed by atoms with Gasteiger partial charge in [-0.3, -0.25) is 4.57 Å². The van der Waals surface area contributed by atoms with E-state index in [0.29, 0.717) is 0 Å². The summed E-state index contributed by atoms with van der Waals surface area (Å²) in [4.78, 5) is 17.6. The summed E-state index contributed by atoms with van der Waals surface area (Å²) < 4.78 is 19.5. The molecule has 0 spiro atoms. The van der Waals surface area contributed by atoms with Gasteiger partial charge in [0.25, 0.3) is 0 Å². The maximum absolute atomic E-state index is 13.3. The number of ether oxygens (including phenoxy) is 1. The first kappa shape index (κ1) is 13.3. The fourth-order valence-electron chi connectivity index (χ4n) is 1.91. The second-order valence-electron chi connectivity index (χ2n) is 4.00. The van der Waals surface area contributed by atoms with E-state index in [0.717, 1.165) is 10.8 Å². The van der Waals surface area contributed by atoms with Crippen LogP contribution >= 0.6 is 0 Å². The highest BCUT2D eigenvalue weighted by Gasteiger charge is 2.36. The first-order valence-electron chi connectivity index (χ1n) is 5.41. The first-order chi connectivity index (χ1) is 9.06. The van der Waals surface area contributed by atoms with Crippen molar-refractivity contribution in [1.29, 1.82) is 0 Å². The molecule has 10 heteroatoms. The highest BCUT2D eigenvalue weighted by molar-refractivity contribution is 5.26.